The second-order valence-electron chi connectivity index (χ2n) is 5.31. The van der Waals surface area contributed by atoms with Gasteiger partial charge in [0.25, 0.3) is 5.91 Å². The third-order valence-corrected chi connectivity index (χ3v) is 2.79. The van der Waals surface area contributed by atoms with Crippen LogP contribution in [0.15, 0.2) is 18.2 Å². The van der Waals surface area contributed by atoms with Crippen molar-refractivity contribution in [3.8, 4) is 11.5 Å². The number of rotatable bonds is 5. The highest BCUT2D eigenvalue weighted by Crippen LogP contribution is 2.34. The van der Waals surface area contributed by atoms with E-state index in [1.54, 1.807) is 19.0 Å². The normalized spacial score (nSPS) is 14.4. The van der Waals surface area contributed by atoms with Gasteiger partial charge in [0.15, 0.2) is 0 Å². The highest BCUT2D eigenvalue weighted by Gasteiger charge is 2.28. The van der Waals surface area contributed by atoms with Crippen LogP contribution in [0.5, 0.6) is 11.5 Å². The van der Waals surface area contributed by atoms with Crippen molar-refractivity contribution >= 4 is 5.91 Å². The summed E-state index contributed by atoms with van der Waals surface area (Å²) in [4.78, 5) is 13.9. The van der Waals surface area contributed by atoms with Gasteiger partial charge in [-0.3, -0.25) is 4.79 Å². The number of ether oxygens (including phenoxy) is 2. The lowest BCUT2D eigenvalue weighted by Gasteiger charge is -2.19. The molecule has 0 bridgehead atoms. The predicted molar refractivity (Wildman–Crippen MR) is 73.9 cm³/mol. The lowest BCUT2D eigenvalue weighted by atomic mass is 10.1. The summed E-state index contributed by atoms with van der Waals surface area (Å²) in [7, 11) is 3.46. The van der Waals surface area contributed by atoms with Gasteiger partial charge in [-0.15, -0.1) is 0 Å². The third kappa shape index (κ3) is 3.40. The zero-order valence-electron chi connectivity index (χ0n) is 12.0. The molecule has 0 aliphatic heterocycles. The average Bonchev–Trinajstić information content (AvgIpc) is 3.11. The van der Waals surface area contributed by atoms with Crippen molar-refractivity contribution in [3.05, 3.63) is 23.8 Å². The Kier molecular flexibility index (Phi) is 3.98. The zero-order chi connectivity index (χ0) is 14.0. The summed E-state index contributed by atoms with van der Waals surface area (Å²) < 4.78 is 11.6. The summed E-state index contributed by atoms with van der Waals surface area (Å²) >= 11 is 0. The van der Waals surface area contributed by atoms with Gasteiger partial charge in [-0.25, -0.2) is 0 Å². The molecule has 1 aromatic carbocycles. The molecule has 0 radical (unpaired) electrons. The monoisotopic (exact) mass is 263 g/mol. The van der Waals surface area contributed by atoms with E-state index in [1.807, 2.05) is 32.0 Å². The molecule has 0 aromatic heterocycles. The molecule has 0 N–H and O–H groups in total. The molecule has 1 aromatic rings. The third-order valence-electron chi connectivity index (χ3n) is 2.79. The molecular formula is C15H21NO3. The first-order chi connectivity index (χ1) is 8.99. The quantitative estimate of drug-likeness (QED) is 0.820. The smallest absolute Gasteiger partial charge is 0.260 e. The molecule has 0 atom stereocenters. The van der Waals surface area contributed by atoms with Gasteiger partial charge in [0.05, 0.1) is 12.2 Å². The number of hydrogen-bond donors (Lipinski definition) is 0. The van der Waals surface area contributed by atoms with E-state index in [-0.39, 0.29) is 18.1 Å². The lowest BCUT2D eigenvalue weighted by Crippen LogP contribution is -2.24. The van der Waals surface area contributed by atoms with Crippen LogP contribution in [0.4, 0.5) is 0 Å². The van der Waals surface area contributed by atoms with Crippen LogP contribution in [-0.4, -0.2) is 37.1 Å². The van der Waals surface area contributed by atoms with E-state index in [0.29, 0.717) is 17.1 Å². The van der Waals surface area contributed by atoms with Crippen LogP contribution in [-0.2, 0) is 0 Å². The van der Waals surface area contributed by atoms with Gasteiger partial charge in [-0.05, 0) is 38.8 Å². The Bertz CT molecular complexity index is 442. The summed E-state index contributed by atoms with van der Waals surface area (Å²) in [6.45, 7) is 3.89. The molecule has 104 valence electrons. The number of carbonyl (C=O) groups is 1. The molecule has 1 amide bonds. The Morgan fingerprint density at radius 3 is 2.42 bits per heavy atom. The van der Waals surface area contributed by atoms with Crippen LogP contribution in [0.1, 0.15) is 37.0 Å². The fourth-order valence-corrected chi connectivity index (χ4v) is 1.76. The topological polar surface area (TPSA) is 38.8 Å². The summed E-state index contributed by atoms with van der Waals surface area (Å²) in [6.07, 6.45) is 2.39. The SMILES string of the molecule is CC(C)Oc1cccc(OC2CC2)c1C(=O)N(C)C. The summed E-state index contributed by atoms with van der Waals surface area (Å²) in [5.41, 5.74) is 0.521. The molecule has 1 saturated carbocycles. The minimum atomic E-state index is -0.0908. The van der Waals surface area contributed by atoms with Crippen LogP contribution in [0.3, 0.4) is 0 Å². The van der Waals surface area contributed by atoms with Crippen molar-refractivity contribution in [2.24, 2.45) is 0 Å². The maximum atomic E-state index is 12.3. The molecular weight excluding hydrogens is 242 g/mol. The molecule has 0 unspecified atom stereocenters. The maximum absolute atomic E-state index is 12.3. The summed E-state index contributed by atoms with van der Waals surface area (Å²) in [6, 6.07) is 5.51. The van der Waals surface area contributed by atoms with Crippen molar-refractivity contribution < 1.29 is 14.3 Å². The van der Waals surface area contributed by atoms with Gasteiger partial charge in [-0.1, -0.05) is 6.07 Å². The number of amides is 1. The maximum Gasteiger partial charge on any atom is 0.260 e. The molecule has 1 aliphatic carbocycles. The Morgan fingerprint density at radius 2 is 1.89 bits per heavy atom. The second kappa shape index (κ2) is 5.51. The molecule has 4 heteroatoms. The molecule has 0 spiro atoms. The van der Waals surface area contributed by atoms with Crippen molar-refractivity contribution in [3.63, 3.8) is 0 Å². The van der Waals surface area contributed by atoms with E-state index in [4.69, 9.17) is 9.47 Å². The van der Waals surface area contributed by atoms with Crippen LogP contribution >= 0.6 is 0 Å². The zero-order valence-corrected chi connectivity index (χ0v) is 12.0. The van der Waals surface area contributed by atoms with E-state index < -0.39 is 0 Å². The number of hydrogen-bond acceptors (Lipinski definition) is 3. The Hall–Kier alpha value is -1.71. The highest BCUT2D eigenvalue weighted by atomic mass is 16.5. The number of carbonyl (C=O) groups excluding carboxylic acids is 1. The standard InChI is InChI=1S/C15H21NO3/c1-10(2)18-12-6-5-7-13(19-11-8-9-11)14(12)15(17)16(3)4/h5-7,10-11H,8-9H2,1-4H3. The first-order valence-corrected chi connectivity index (χ1v) is 6.67. The minimum Gasteiger partial charge on any atom is -0.490 e. The largest absolute Gasteiger partial charge is 0.490 e. The van der Waals surface area contributed by atoms with Crippen molar-refractivity contribution in [2.45, 2.75) is 38.9 Å². The van der Waals surface area contributed by atoms with Crippen molar-refractivity contribution in [1.82, 2.24) is 4.90 Å². The van der Waals surface area contributed by atoms with Crippen molar-refractivity contribution in [2.75, 3.05) is 14.1 Å². The van der Waals surface area contributed by atoms with Gasteiger partial charge < -0.3 is 14.4 Å². The van der Waals surface area contributed by atoms with Crippen LogP contribution in [0, 0.1) is 0 Å². The van der Waals surface area contributed by atoms with Crippen LogP contribution in [0.25, 0.3) is 0 Å². The molecule has 2 rings (SSSR count). The van der Waals surface area contributed by atoms with Gasteiger partial charge in [0.1, 0.15) is 17.1 Å². The van der Waals surface area contributed by atoms with Gasteiger partial charge in [0, 0.05) is 14.1 Å². The van der Waals surface area contributed by atoms with E-state index in [1.165, 1.54) is 0 Å². The van der Waals surface area contributed by atoms with Crippen LogP contribution in [0.2, 0.25) is 0 Å². The Labute approximate surface area is 114 Å². The lowest BCUT2D eigenvalue weighted by molar-refractivity contribution is 0.0816. The average molecular weight is 263 g/mol. The Morgan fingerprint density at radius 1 is 1.26 bits per heavy atom. The van der Waals surface area contributed by atoms with Crippen molar-refractivity contribution in [1.29, 1.82) is 0 Å². The van der Waals surface area contributed by atoms with Gasteiger partial charge >= 0.3 is 0 Å². The van der Waals surface area contributed by atoms with Gasteiger partial charge in [0.2, 0.25) is 0 Å². The minimum absolute atomic E-state index is 0.0184. The van der Waals surface area contributed by atoms with E-state index in [2.05, 4.69) is 0 Å². The van der Waals surface area contributed by atoms with E-state index >= 15 is 0 Å². The Balaban J connectivity index is 2.37. The highest BCUT2D eigenvalue weighted by molar-refractivity contribution is 5.99. The molecule has 4 nitrogen and oxygen atoms in total. The predicted octanol–water partition coefficient (Wildman–Crippen LogP) is 2.72. The first kappa shape index (κ1) is 13.7. The fraction of sp³-hybridized carbons (Fsp3) is 0.533. The van der Waals surface area contributed by atoms with Gasteiger partial charge in [-0.2, -0.15) is 0 Å². The molecule has 19 heavy (non-hydrogen) atoms. The molecule has 0 heterocycles. The molecule has 1 fully saturated rings. The number of nitrogens with zero attached hydrogens (tertiary/aromatic N) is 1. The number of benzene rings is 1. The molecule has 0 saturated heterocycles. The fourth-order valence-electron chi connectivity index (χ4n) is 1.76. The second-order valence-corrected chi connectivity index (χ2v) is 5.31. The summed E-state index contributed by atoms with van der Waals surface area (Å²) in [5, 5.41) is 0. The summed E-state index contributed by atoms with van der Waals surface area (Å²) in [5.74, 6) is 1.12. The van der Waals surface area contributed by atoms with E-state index in [9.17, 15) is 4.79 Å². The van der Waals surface area contributed by atoms with Crippen LogP contribution < -0.4 is 9.47 Å². The van der Waals surface area contributed by atoms with E-state index in [0.717, 1.165) is 12.8 Å². The first-order valence-electron chi connectivity index (χ1n) is 6.67. The molecule has 1 aliphatic rings.